The molecule has 132 valence electrons. The number of amides is 2. The Labute approximate surface area is 143 Å². The lowest BCUT2D eigenvalue weighted by Crippen LogP contribution is -2.46. The second-order valence-electron chi connectivity index (χ2n) is 6.11. The number of hydrogen-bond acceptors (Lipinski definition) is 4. The molecule has 0 bridgehead atoms. The van der Waals surface area contributed by atoms with Crippen LogP contribution >= 0.6 is 0 Å². The van der Waals surface area contributed by atoms with Crippen molar-refractivity contribution in [3.05, 3.63) is 29.8 Å². The fourth-order valence-corrected chi connectivity index (χ4v) is 2.73. The van der Waals surface area contributed by atoms with Crippen LogP contribution in [0.25, 0.3) is 0 Å². The van der Waals surface area contributed by atoms with Crippen molar-refractivity contribution in [3.63, 3.8) is 0 Å². The Morgan fingerprint density at radius 1 is 1.38 bits per heavy atom. The van der Waals surface area contributed by atoms with Crippen LogP contribution in [0.4, 0.5) is 5.69 Å². The molecule has 1 aliphatic heterocycles. The molecule has 0 aliphatic carbocycles. The van der Waals surface area contributed by atoms with Gasteiger partial charge in [0, 0.05) is 31.2 Å². The molecule has 2 N–H and O–H groups in total. The van der Waals surface area contributed by atoms with Gasteiger partial charge in [-0.3, -0.25) is 9.59 Å². The fourth-order valence-electron chi connectivity index (χ4n) is 2.73. The largest absolute Gasteiger partial charge is 0.378 e. The van der Waals surface area contributed by atoms with E-state index < -0.39 is 0 Å². The second kappa shape index (κ2) is 9.39. The molecular formula is C18H27N3O3. The Kier molecular flexibility index (Phi) is 7.21. The van der Waals surface area contributed by atoms with Crippen LogP contribution in [-0.2, 0) is 14.3 Å². The smallest absolute Gasteiger partial charge is 0.244 e. The number of para-hydroxylation sites is 1. The lowest BCUT2D eigenvalue weighted by atomic mass is 10.1. The predicted octanol–water partition coefficient (Wildman–Crippen LogP) is 1.55. The molecule has 0 radical (unpaired) electrons. The molecule has 1 saturated heterocycles. The van der Waals surface area contributed by atoms with Crippen molar-refractivity contribution < 1.29 is 14.3 Å². The number of carbonyl (C=O) groups is 2. The van der Waals surface area contributed by atoms with Gasteiger partial charge in [-0.1, -0.05) is 25.1 Å². The first kappa shape index (κ1) is 18.4. The Bertz CT molecular complexity index is 556. The van der Waals surface area contributed by atoms with E-state index in [0.29, 0.717) is 26.2 Å². The summed E-state index contributed by atoms with van der Waals surface area (Å²) in [4.78, 5) is 26.4. The standard InChI is InChI=1S/C18H27N3O3/c1-3-9-21(18(23)11-15-13-24-10-8-19-15)12-17(22)20-16-7-5-4-6-14(16)2/h4-7,15,19H,3,8-13H2,1-2H3,(H,20,22). The number of rotatable bonds is 7. The average molecular weight is 333 g/mol. The normalized spacial score (nSPS) is 17.3. The minimum Gasteiger partial charge on any atom is -0.378 e. The molecule has 6 heteroatoms. The third-order valence-electron chi connectivity index (χ3n) is 4.02. The van der Waals surface area contributed by atoms with E-state index in [2.05, 4.69) is 10.6 Å². The number of morpholine rings is 1. The van der Waals surface area contributed by atoms with E-state index in [1.807, 2.05) is 38.1 Å². The highest BCUT2D eigenvalue weighted by atomic mass is 16.5. The molecule has 0 aromatic heterocycles. The zero-order valence-electron chi connectivity index (χ0n) is 14.5. The molecule has 1 aromatic rings. The first-order valence-electron chi connectivity index (χ1n) is 8.54. The number of nitrogens with one attached hydrogen (secondary N) is 2. The summed E-state index contributed by atoms with van der Waals surface area (Å²) < 4.78 is 5.38. The highest BCUT2D eigenvalue weighted by molar-refractivity contribution is 5.95. The van der Waals surface area contributed by atoms with Crippen molar-refractivity contribution in [2.45, 2.75) is 32.7 Å². The van der Waals surface area contributed by atoms with Gasteiger partial charge in [0.2, 0.25) is 11.8 Å². The van der Waals surface area contributed by atoms with Crippen LogP contribution in [0.3, 0.4) is 0 Å². The lowest BCUT2D eigenvalue weighted by Gasteiger charge is -2.27. The minimum atomic E-state index is -0.168. The number of aryl methyl sites for hydroxylation is 1. The van der Waals surface area contributed by atoms with E-state index in [9.17, 15) is 9.59 Å². The molecule has 2 amide bonds. The highest BCUT2D eigenvalue weighted by Gasteiger charge is 2.22. The third kappa shape index (κ3) is 5.62. The zero-order valence-corrected chi connectivity index (χ0v) is 14.5. The van der Waals surface area contributed by atoms with Crippen LogP contribution < -0.4 is 10.6 Å². The van der Waals surface area contributed by atoms with Crippen LogP contribution in [0.15, 0.2) is 24.3 Å². The summed E-state index contributed by atoms with van der Waals surface area (Å²) in [6.45, 7) is 6.59. The average Bonchev–Trinajstić information content (AvgIpc) is 2.57. The molecule has 6 nitrogen and oxygen atoms in total. The van der Waals surface area contributed by atoms with Gasteiger partial charge >= 0.3 is 0 Å². The second-order valence-corrected chi connectivity index (χ2v) is 6.11. The molecule has 0 saturated carbocycles. The summed E-state index contributed by atoms with van der Waals surface area (Å²) in [7, 11) is 0. The number of hydrogen-bond donors (Lipinski definition) is 2. The number of ether oxygens (including phenoxy) is 1. The maximum absolute atomic E-state index is 12.5. The maximum Gasteiger partial charge on any atom is 0.244 e. The van der Waals surface area contributed by atoms with Crippen LogP contribution in [0.2, 0.25) is 0 Å². The molecule has 2 rings (SSSR count). The van der Waals surface area contributed by atoms with Gasteiger partial charge in [-0.15, -0.1) is 0 Å². The van der Waals surface area contributed by atoms with Crippen molar-refractivity contribution in [2.75, 3.05) is 38.2 Å². The number of anilines is 1. The highest BCUT2D eigenvalue weighted by Crippen LogP contribution is 2.13. The van der Waals surface area contributed by atoms with E-state index in [1.54, 1.807) is 4.90 Å². The summed E-state index contributed by atoms with van der Waals surface area (Å²) in [5, 5.41) is 6.16. The molecule has 1 aliphatic rings. The van der Waals surface area contributed by atoms with Crippen molar-refractivity contribution in [1.29, 1.82) is 0 Å². The predicted molar refractivity (Wildman–Crippen MR) is 93.9 cm³/mol. The Balaban J connectivity index is 1.90. The van der Waals surface area contributed by atoms with Crippen LogP contribution in [-0.4, -0.2) is 55.6 Å². The van der Waals surface area contributed by atoms with Crippen LogP contribution in [0.1, 0.15) is 25.3 Å². The summed E-state index contributed by atoms with van der Waals surface area (Å²) in [5.41, 5.74) is 1.79. The third-order valence-corrected chi connectivity index (χ3v) is 4.02. The van der Waals surface area contributed by atoms with Gasteiger partial charge in [-0.25, -0.2) is 0 Å². The summed E-state index contributed by atoms with van der Waals surface area (Å²) in [5.74, 6) is -0.182. The lowest BCUT2D eigenvalue weighted by molar-refractivity contribution is -0.135. The first-order valence-corrected chi connectivity index (χ1v) is 8.54. The van der Waals surface area contributed by atoms with E-state index in [1.165, 1.54) is 0 Å². The van der Waals surface area contributed by atoms with Crippen LogP contribution in [0.5, 0.6) is 0 Å². The number of carbonyl (C=O) groups excluding carboxylic acids is 2. The SMILES string of the molecule is CCCN(CC(=O)Nc1ccccc1C)C(=O)CC1COCCN1. The van der Waals surface area contributed by atoms with Gasteiger partial charge in [0.1, 0.15) is 0 Å². The molecule has 24 heavy (non-hydrogen) atoms. The van der Waals surface area contributed by atoms with Gasteiger partial charge in [-0.2, -0.15) is 0 Å². The molecule has 0 spiro atoms. The Morgan fingerprint density at radius 3 is 2.83 bits per heavy atom. The van der Waals surface area contributed by atoms with Crippen molar-refractivity contribution in [2.24, 2.45) is 0 Å². The van der Waals surface area contributed by atoms with Crippen molar-refractivity contribution in [1.82, 2.24) is 10.2 Å². The van der Waals surface area contributed by atoms with Gasteiger partial charge in [0.05, 0.1) is 19.8 Å². The van der Waals surface area contributed by atoms with E-state index in [4.69, 9.17) is 4.74 Å². The van der Waals surface area contributed by atoms with E-state index in [-0.39, 0.29) is 24.4 Å². The monoisotopic (exact) mass is 333 g/mol. The van der Waals surface area contributed by atoms with Gasteiger partial charge in [0.25, 0.3) is 0 Å². The fraction of sp³-hybridized carbons (Fsp3) is 0.556. The molecule has 1 fully saturated rings. The van der Waals surface area contributed by atoms with Crippen molar-refractivity contribution in [3.8, 4) is 0 Å². The van der Waals surface area contributed by atoms with E-state index in [0.717, 1.165) is 24.2 Å². The van der Waals surface area contributed by atoms with Gasteiger partial charge in [-0.05, 0) is 25.0 Å². The Hall–Kier alpha value is -1.92. The van der Waals surface area contributed by atoms with E-state index >= 15 is 0 Å². The minimum absolute atomic E-state index is 0.0141. The maximum atomic E-state index is 12.5. The molecule has 1 aromatic carbocycles. The first-order chi connectivity index (χ1) is 11.6. The van der Waals surface area contributed by atoms with Gasteiger partial charge < -0.3 is 20.3 Å². The van der Waals surface area contributed by atoms with Crippen molar-refractivity contribution >= 4 is 17.5 Å². The quantitative estimate of drug-likeness (QED) is 0.794. The topological polar surface area (TPSA) is 70.7 Å². The summed E-state index contributed by atoms with van der Waals surface area (Å²) in [6, 6.07) is 7.65. The van der Waals surface area contributed by atoms with Gasteiger partial charge in [0.15, 0.2) is 0 Å². The summed E-state index contributed by atoms with van der Waals surface area (Å²) >= 11 is 0. The number of benzene rings is 1. The zero-order chi connectivity index (χ0) is 17.4. The number of nitrogens with zero attached hydrogens (tertiary/aromatic N) is 1. The molecule has 1 heterocycles. The molecular weight excluding hydrogens is 306 g/mol. The Morgan fingerprint density at radius 2 is 2.17 bits per heavy atom. The molecule has 1 atom stereocenters. The molecule has 1 unspecified atom stereocenters. The van der Waals surface area contributed by atoms with Crippen LogP contribution in [0, 0.1) is 6.92 Å². The summed E-state index contributed by atoms with van der Waals surface area (Å²) in [6.07, 6.45) is 1.18.